The number of ether oxygens (including phenoxy) is 2. The van der Waals surface area contributed by atoms with E-state index >= 15 is 0 Å². The fraction of sp³-hybridized carbons (Fsp3) is 0.286. The van der Waals surface area contributed by atoms with Crippen LogP contribution in [-0.4, -0.2) is 36.0 Å². The maximum absolute atomic E-state index is 13.0. The van der Waals surface area contributed by atoms with Gasteiger partial charge in [0.2, 0.25) is 24.5 Å². The van der Waals surface area contributed by atoms with Gasteiger partial charge in [-0.15, -0.1) is 0 Å². The molecule has 0 bridgehead atoms. The fourth-order valence-electron chi connectivity index (χ4n) is 3.62. The Balaban J connectivity index is 1.48. The number of hydrogen-bond acceptors (Lipinski definition) is 6. The molecule has 1 saturated heterocycles. The summed E-state index contributed by atoms with van der Waals surface area (Å²) in [4.78, 5) is 40.4. The van der Waals surface area contributed by atoms with Crippen molar-refractivity contribution in [2.24, 2.45) is 5.92 Å². The van der Waals surface area contributed by atoms with E-state index < -0.39 is 11.8 Å². The van der Waals surface area contributed by atoms with Gasteiger partial charge in [0.1, 0.15) is 0 Å². The van der Waals surface area contributed by atoms with Crippen LogP contribution in [0.2, 0.25) is 0 Å². The zero-order chi connectivity index (χ0) is 20.5. The predicted molar refractivity (Wildman–Crippen MR) is 105 cm³/mol. The molecular formula is C21H21N3O5. The van der Waals surface area contributed by atoms with Crippen molar-refractivity contribution >= 4 is 29.1 Å². The molecule has 2 aromatic carbocycles. The lowest BCUT2D eigenvalue weighted by Gasteiger charge is -2.23. The first-order valence-electron chi connectivity index (χ1n) is 9.29. The maximum atomic E-state index is 13.0. The van der Waals surface area contributed by atoms with Crippen molar-refractivity contribution in [1.29, 1.82) is 0 Å². The Morgan fingerprint density at radius 2 is 1.86 bits per heavy atom. The van der Waals surface area contributed by atoms with Gasteiger partial charge in [-0.1, -0.05) is 6.07 Å². The number of amides is 3. The van der Waals surface area contributed by atoms with E-state index in [1.807, 2.05) is 12.1 Å². The number of likely N-dealkylation sites (tertiary alicyclic amines) is 1. The first-order chi connectivity index (χ1) is 13.9. The Labute approximate surface area is 167 Å². The van der Waals surface area contributed by atoms with Crippen LogP contribution in [0.1, 0.15) is 18.9 Å². The number of nitrogens with zero attached hydrogens (tertiary/aromatic N) is 2. The van der Waals surface area contributed by atoms with E-state index in [0.29, 0.717) is 29.4 Å². The summed E-state index contributed by atoms with van der Waals surface area (Å²) in [6, 6.07) is 12.0. The third-order valence-corrected chi connectivity index (χ3v) is 5.06. The summed E-state index contributed by atoms with van der Waals surface area (Å²) in [7, 11) is 0. The van der Waals surface area contributed by atoms with Gasteiger partial charge in [-0.25, -0.2) is 0 Å². The van der Waals surface area contributed by atoms with Gasteiger partial charge in [-0.05, 0) is 42.0 Å². The maximum Gasteiger partial charge on any atom is 0.239 e. The van der Waals surface area contributed by atoms with Crippen molar-refractivity contribution < 1.29 is 23.9 Å². The third-order valence-electron chi connectivity index (χ3n) is 5.06. The Hall–Kier alpha value is -3.55. The molecule has 1 fully saturated rings. The third kappa shape index (κ3) is 3.73. The number of nitrogens with two attached hydrogens (primary N) is 1. The molecule has 2 heterocycles. The number of anilines is 2. The molecular weight excluding hydrogens is 374 g/mol. The number of nitrogen functional groups attached to an aromatic ring is 1. The van der Waals surface area contributed by atoms with Gasteiger partial charge in [-0.2, -0.15) is 0 Å². The normalized spacial score (nSPS) is 17.5. The molecule has 0 radical (unpaired) electrons. The first-order valence-corrected chi connectivity index (χ1v) is 9.29. The summed E-state index contributed by atoms with van der Waals surface area (Å²) < 4.78 is 10.7. The Bertz CT molecular complexity index is 973. The highest BCUT2D eigenvalue weighted by molar-refractivity contribution is 6.15. The molecule has 8 heteroatoms. The van der Waals surface area contributed by atoms with Crippen molar-refractivity contribution in [2.75, 3.05) is 24.0 Å². The molecule has 4 rings (SSSR count). The van der Waals surface area contributed by atoms with Crippen molar-refractivity contribution in [1.82, 2.24) is 4.90 Å². The molecule has 1 atom stereocenters. The molecule has 2 aliphatic heterocycles. The smallest absolute Gasteiger partial charge is 0.239 e. The minimum Gasteiger partial charge on any atom is -0.454 e. The molecule has 1 unspecified atom stereocenters. The van der Waals surface area contributed by atoms with Crippen molar-refractivity contribution in [3.05, 3.63) is 48.0 Å². The molecule has 2 N–H and O–H groups in total. The predicted octanol–water partition coefficient (Wildman–Crippen LogP) is 1.93. The molecule has 29 heavy (non-hydrogen) atoms. The first kappa shape index (κ1) is 18.8. The van der Waals surface area contributed by atoms with E-state index in [4.69, 9.17) is 15.2 Å². The van der Waals surface area contributed by atoms with Crippen LogP contribution in [0.5, 0.6) is 11.5 Å². The van der Waals surface area contributed by atoms with Crippen LogP contribution in [-0.2, 0) is 20.9 Å². The van der Waals surface area contributed by atoms with Crippen molar-refractivity contribution in [3.63, 3.8) is 0 Å². The van der Waals surface area contributed by atoms with Gasteiger partial charge >= 0.3 is 0 Å². The van der Waals surface area contributed by atoms with Gasteiger partial charge in [0, 0.05) is 32.1 Å². The number of imide groups is 1. The van der Waals surface area contributed by atoms with Crippen LogP contribution in [0.3, 0.4) is 0 Å². The SMILES string of the molecule is CC(=O)N(C(=O)C1CC(=O)N(Cc2ccc3c(c2)OCO3)C1)c1ccc(N)cc1. The van der Waals surface area contributed by atoms with Gasteiger partial charge in [0.15, 0.2) is 11.5 Å². The summed E-state index contributed by atoms with van der Waals surface area (Å²) in [6.45, 7) is 2.13. The molecule has 0 aliphatic carbocycles. The Morgan fingerprint density at radius 1 is 1.14 bits per heavy atom. The molecule has 0 aromatic heterocycles. The van der Waals surface area contributed by atoms with Gasteiger partial charge in [-0.3, -0.25) is 19.3 Å². The highest BCUT2D eigenvalue weighted by Crippen LogP contribution is 2.33. The van der Waals surface area contributed by atoms with Crippen LogP contribution in [0.15, 0.2) is 42.5 Å². The summed E-state index contributed by atoms with van der Waals surface area (Å²) in [5, 5.41) is 0. The minimum absolute atomic E-state index is 0.0716. The van der Waals surface area contributed by atoms with Gasteiger partial charge in [0.05, 0.1) is 11.6 Å². The highest BCUT2D eigenvalue weighted by atomic mass is 16.7. The minimum atomic E-state index is -0.585. The Kier molecular flexibility index (Phi) is 4.84. The second-order valence-corrected chi connectivity index (χ2v) is 7.15. The number of carbonyl (C=O) groups is 3. The molecule has 150 valence electrons. The number of benzene rings is 2. The Morgan fingerprint density at radius 3 is 2.59 bits per heavy atom. The van der Waals surface area contributed by atoms with Gasteiger partial charge in [0.25, 0.3) is 0 Å². The average molecular weight is 395 g/mol. The fourth-order valence-corrected chi connectivity index (χ4v) is 3.62. The van der Waals surface area contributed by atoms with Gasteiger partial charge < -0.3 is 20.1 Å². The topological polar surface area (TPSA) is 102 Å². The summed E-state index contributed by atoms with van der Waals surface area (Å²) >= 11 is 0. The zero-order valence-corrected chi connectivity index (χ0v) is 16.0. The zero-order valence-electron chi connectivity index (χ0n) is 16.0. The van der Waals surface area contributed by atoms with Crippen molar-refractivity contribution in [3.8, 4) is 11.5 Å². The van der Waals surface area contributed by atoms with E-state index in [9.17, 15) is 14.4 Å². The summed E-state index contributed by atoms with van der Waals surface area (Å²) in [6.07, 6.45) is 0.0716. The highest BCUT2D eigenvalue weighted by Gasteiger charge is 2.38. The van der Waals surface area contributed by atoms with Crippen LogP contribution in [0.4, 0.5) is 11.4 Å². The summed E-state index contributed by atoms with van der Waals surface area (Å²) in [5.74, 6) is -0.173. The van der Waals surface area contributed by atoms with E-state index in [1.54, 1.807) is 35.2 Å². The lowest BCUT2D eigenvalue weighted by Crippen LogP contribution is -2.40. The lowest BCUT2D eigenvalue weighted by molar-refractivity contribution is -0.130. The molecule has 2 aromatic rings. The number of rotatable bonds is 4. The molecule has 3 amide bonds. The second-order valence-electron chi connectivity index (χ2n) is 7.15. The number of fused-ring (bicyclic) bond motifs is 1. The molecule has 8 nitrogen and oxygen atoms in total. The average Bonchev–Trinajstić information content (AvgIpc) is 3.29. The van der Waals surface area contributed by atoms with Crippen LogP contribution < -0.4 is 20.1 Å². The lowest BCUT2D eigenvalue weighted by atomic mass is 10.1. The standard InChI is InChI=1S/C21H21N3O5/c1-13(25)24(17-5-3-16(22)4-6-17)21(27)15-9-20(26)23(11-15)10-14-2-7-18-19(8-14)29-12-28-18/h2-8,15H,9-12,22H2,1H3. The second kappa shape index (κ2) is 7.46. The number of carbonyl (C=O) groups excluding carboxylic acids is 3. The van der Waals surface area contributed by atoms with Crippen molar-refractivity contribution in [2.45, 2.75) is 19.9 Å². The molecule has 0 spiro atoms. The van der Waals surface area contributed by atoms with E-state index in [0.717, 1.165) is 10.5 Å². The largest absolute Gasteiger partial charge is 0.454 e. The summed E-state index contributed by atoms with van der Waals surface area (Å²) in [5.41, 5.74) is 7.56. The van der Waals surface area contributed by atoms with E-state index in [-0.39, 0.29) is 31.6 Å². The quantitative estimate of drug-likeness (QED) is 0.794. The van der Waals surface area contributed by atoms with Crippen LogP contribution in [0, 0.1) is 5.92 Å². The number of hydrogen-bond donors (Lipinski definition) is 1. The molecule has 2 aliphatic rings. The van der Waals surface area contributed by atoms with Crippen LogP contribution in [0.25, 0.3) is 0 Å². The van der Waals surface area contributed by atoms with E-state index in [1.165, 1.54) is 6.92 Å². The monoisotopic (exact) mass is 395 g/mol. The molecule has 0 saturated carbocycles. The van der Waals surface area contributed by atoms with E-state index in [2.05, 4.69) is 0 Å². The van der Waals surface area contributed by atoms with Crippen LogP contribution >= 0.6 is 0 Å².